The van der Waals surface area contributed by atoms with Crippen molar-refractivity contribution in [2.45, 2.75) is 38.1 Å². The fourth-order valence-electron chi connectivity index (χ4n) is 1.85. The molecule has 0 spiro atoms. The molecular formula is C13H17BrClNO3S. The van der Waals surface area contributed by atoms with Crippen molar-refractivity contribution in [2.24, 2.45) is 0 Å². The number of nitrogens with zero attached hydrogens (tertiary/aromatic N) is 1. The molecule has 0 fully saturated rings. The molecule has 0 radical (unpaired) electrons. The number of halogens is 2. The van der Waals surface area contributed by atoms with E-state index in [0.717, 1.165) is 6.42 Å². The highest BCUT2D eigenvalue weighted by Crippen LogP contribution is 2.25. The molecule has 1 aromatic carbocycles. The van der Waals surface area contributed by atoms with E-state index in [1.807, 2.05) is 20.8 Å². The van der Waals surface area contributed by atoms with Crippen molar-refractivity contribution in [3.05, 3.63) is 28.2 Å². The molecule has 0 aromatic heterocycles. The lowest BCUT2D eigenvalue weighted by Crippen LogP contribution is -2.38. The Morgan fingerprint density at radius 2 is 2.00 bits per heavy atom. The van der Waals surface area contributed by atoms with E-state index >= 15 is 0 Å². The van der Waals surface area contributed by atoms with Crippen LogP contribution >= 0.6 is 26.6 Å². The van der Waals surface area contributed by atoms with Gasteiger partial charge in [0.15, 0.2) is 0 Å². The summed E-state index contributed by atoms with van der Waals surface area (Å²) in [5.74, 6) is -0.212. The van der Waals surface area contributed by atoms with E-state index < -0.39 is 9.05 Å². The van der Waals surface area contributed by atoms with Gasteiger partial charge in [0.2, 0.25) is 0 Å². The predicted molar refractivity (Wildman–Crippen MR) is 83.6 cm³/mol. The number of benzene rings is 1. The highest BCUT2D eigenvalue weighted by Gasteiger charge is 2.23. The number of carbonyl (C=O) groups is 1. The van der Waals surface area contributed by atoms with Gasteiger partial charge in [-0.1, -0.05) is 6.92 Å². The molecule has 0 saturated carbocycles. The third-order valence-corrected chi connectivity index (χ3v) is 5.22. The standard InChI is InChI=1S/C13H17BrClNO3S/c1-4-9(3)16(5-2)13(17)11-8-10(20(15,18)19)6-7-12(11)14/h6-9H,4-5H2,1-3H3. The van der Waals surface area contributed by atoms with Gasteiger partial charge in [-0.25, -0.2) is 8.42 Å². The Bertz CT molecular complexity index is 604. The van der Waals surface area contributed by atoms with E-state index in [1.165, 1.54) is 18.2 Å². The van der Waals surface area contributed by atoms with Crippen molar-refractivity contribution in [1.82, 2.24) is 4.90 Å². The summed E-state index contributed by atoms with van der Waals surface area (Å²) in [7, 11) is 1.47. The van der Waals surface area contributed by atoms with Crippen molar-refractivity contribution in [2.75, 3.05) is 6.54 Å². The predicted octanol–water partition coefficient (Wildman–Crippen LogP) is 3.64. The van der Waals surface area contributed by atoms with Crippen LogP contribution < -0.4 is 0 Å². The topological polar surface area (TPSA) is 54.5 Å². The third kappa shape index (κ3) is 3.96. The van der Waals surface area contributed by atoms with Gasteiger partial charge in [0.05, 0.1) is 10.5 Å². The molecule has 0 saturated heterocycles. The first-order chi connectivity index (χ1) is 9.22. The van der Waals surface area contributed by atoms with Gasteiger partial charge in [0.1, 0.15) is 0 Å². The summed E-state index contributed by atoms with van der Waals surface area (Å²) < 4.78 is 23.3. The van der Waals surface area contributed by atoms with Gasteiger partial charge in [0, 0.05) is 27.7 Å². The molecule has 20 heavy (non-hydrogen) atoms. The van der Waals surface area contributed by atoms with Crippen LogP contribution in [0.2, 0.25) is 0 Å². The molecule has 1 atom stereocenters. The second kappa shape index (κ2) is 6.91. The average molecular weight is 383 g/mol. The molecule has 0 bridgehead atoms. The summed E-state index contributed by atoms with van der Waals surface area (Å²) >= 11 is 3.28. The van der Waals surface area contributed by atoms with Gasteiger partial charge in [-0.2, -0.15) is 0 Å². The lowest BCUT2D eigenvalue weighted by atomic mass is 10.1. The lowest BCUT2D eigenvalue weighted by molar-refractivity contribution is 0.0698. The Kier molecular flexibility index (Phi) is 6.04. The van der Waals surface area contributed by atoms with Crippen LogP contribution in [-0.4, -0.2) is 31.8 Å². The molecule has 7 heteroatoms. The highest BCUT2D eigenvalue weighted by molar-refractivity contribution is 9.10. The number of rotatable bonds is 5. The normalized spacial score (nSPS) is 13.1. The minimum Gasteiger partial charge on any atom is -0.336 e. The zero-order valence-electron chi connectivity index (χ0n) is 11.6. The van der Waals surface area contributed by atoms with Crippen LogP contribution in [0.1, 0.15) is 37.6 Å². The van der Waals surface area contributed by atoms with Crippen molar-refractivity contribution in [3.8, 4) is 0 Å². The molecule has 0 heterocycles. The fourth-order valence-corrected chi connectivity index (χ4v) is 3.04. The molecular weight excluding hydrogens is 366 g/mol. The van der Waals surface area contributed by atoms with E-state index in [4.69, 9.17) is 10.7 Å². The summed E-state index contributed by atoms with van der Waals surface area (Å²) in [5, 5.41) is 0. The summed E-state index contributed by atoms with van der Waals surface area (Å²) in [6, 6.07) is 4.27. The first-order valence-corrected chi connectivity index (χ1v) is 9.37. The van der Waals surface area contributed by atoms with E-state index in [-0.39, 0.29) is 16.8 Å². The lowest BCUT2D eigenvalue weighted by Gasteiger charge is -2.27. The minimum atomic E-state index is -3.85. The van der Waals surface area contributed by atoms with Crippen LogP contribution in [0.15, 0.2) is 27.6 Å². The molecule has 1 rings (SSSR count). The van der Waals surface area contributed by atoms with Crippen molar-refractivity contribution in [3.63, 3.8) is 0 Å². The van der Waals surface area contributed by atoms with Crippen LogP contribution in [0, 0.1) is 0 Å². The summed E-state index contributed by atoms with van der Waals surface area (Å²) in [5.41, 5.74) is 0.300. The van der Waals surface area contributed by atoms with Gasteiger partial charge in [0.25, 0.3) is 15.0 Å². The van der Waals surface area contributed by atoms with Crippen LogP contribution in [0.5, 0.6) is 0 Å². The second-order valence-electron chi connectivity index (χ2n) is 4.43. The van der Waals surface area contributed by atoms with E-state index in [9.17, 15) is 13.2 Å². The zero-order valence-corrected chi connectivity index (χ0v) is 14.7. The Labute approximate surface area is 132 Å². The van der Waals surface area contributed by atoms with Crippen LogP contribution in [-0.2, 0) is 9.05 Å². The first-order valence-electron chi connectivity index (χ1n) is 6.27. The molecule has 1 unspecified atom stereocenters. The smallest absolute Gasteiger partial charge is 0.261 e. The zero-order chi connectivity index (χ0) is 15.5. The highest BCUT2D eigenvalue weighted by atomic mass is 79.9. The van der Waals surface area contributed by atoms with Crippen LogP contribution in [0.3, 0.4) is 0 Å². The fraction of sp³-hybridized carbons (Fsp3) is 0.462. The molecule has 1 amide bonds. The minimum absolute atomic E-state index is 0.0779. The number of amides is 1. The Hall–Kier alpha value is -0.590. The monoisotopic (exact) mass is 381 g/mol. The Balaban J connectivity index is 3.28. The molecule has 0 aliphatic carbocycles. The first kappa shape index (κ1) is 17.5. The average Bonchev–Trinajstić information content (AvgIpc) is 2.38. The summed E-state index contributed by atoms with van der Waals surface area (Å²) in [6.07, 6.45) is 0.824. The van der Waals surface area contributed by atoms with Gasteiger partial charge in [-0.15, -0.1) is 0 Å². The number of hydrogen-bond donors (Lipinski definition) is 0. The summed E-state index contributed by atoms with van der Waals surface area (Å²) in [6.45, 7) is 6.39. The molecule has 1 aromatic rings. The second-order valence-corrected chi connectivity index (χ2v) is 7.85. The SMILES string of the molecule is CCC(C)N(CC)C(=O)c1cc(S(=O)(=O)Cl)ccc1Br. The maximum absolute atomic E-state index is 12.5. The van der Waals surface area contributed by atoms with Gasteiger partial charge < -0.3 is 4.90 Å². The quantitative estimate of drug-likeness (QED) is 0.731. The summed E-state index contributed by atoms with van der Waals surface area (Å²) in [4.78, 5) is 14.2. The molecule has 0 aliphatic heterocycles. The van der Waals surface area contributed by atoms with Crippen molar-refractivity contribution < 1.29 is 13.2 Å². The molecule has 4 nitrogen and oxygen atoms in total. The van der Waals surface area contributed by atoms with E-state index in [2.05, 4.69) is 15.9 Å². The maximum atomic E-state index is 12.5. The number of carbonyl (C=O) groups excluding carboxylic acids is 1. The van der Waals surface area contributed by atoms with Crippen LogP contribution in [0.25, 0.3) is 0 Å². The Morgan fingerprint density at radius 1 is 1.40 bits per heavy atom. The molecule has 0 aliphatic rings. The van der Waals surface area contributed by atoms with Gasteiger partial charge in [-0.3, -0.25) is 4.79 Å². The van der Waals surface area contributed by atoms with Crippen molar-refractivity contribution in [1.29, 1.82) is 0 Å². The van der Waals surface area contributed by atoms with Gasteiger partial charge in [-0.05, 0) is 54.4 Å². The largest absolute Gasteiger partial charge is 0.336 e. The number of hydrogen-bond acceptors (Lipinski definition) is 3. The van der Waals surface area contributed by atoms with Crippen molar-refractivity contribution >= 4 is 41.6 Å². The Morgan fingerprint density at radius 3 is 2.45 bits per heavy atom. The van der Waals surface area contributed by atoms with Gasteiger partial charge >= 0.3 is 0 Å². The molecule has 0 N–H and O–H groups in total. The maximum Gasteiger partial charge on any atom is 0.261 e. The third-order valence-electron chi connectivity index (χ3n) is 3.17. The molecule has 112 valence electrons. The van der Waals surface area contributed by atoms with E-state index in [0.29, 0.717) is 16.6 Å². The van der Waals surface area contributed by atoms with Crippen LogP contribution in [0.4, 0.5) is 0 Å². The van der Waals surface area contributed by atoms with E-state index in [1.54, 1.807) is 4.90 Å².